The van der Waals surface area contributed by atoms with E-state index >= 15 is 0 Å². The van der Waals surface area contributed by atoms with Crippen LogP contribution in [0.15, 0.2) is 30.3 Å². The Morgan fingerprint density at radius 2 is 1.79 bits per heavy atom. The highest BCUT2D eigenvalue weighted by molar-refractivity contribution is 5.78. The van der Waals surface area contributed by atoms with Gasteiger partial charge in [-0.05, 0) is 50.8 Å². The van der Waals surface area contributed by atoms with E-state index in [1.54, 1.807) is 30.3 Å². The summed E-state index contributed by atoms with van der Waals surface area (Å²) in [5.74, 6) is 1.42. The van der Waals surface area contributed by atoms with Gasteiger partial charge in [0, 0.05) is 38.3 Å². The van der Waals surface area contributed by atoms with Gasteiger partial charge in [0.2, 0.25) is 5.95 Å². The second-order valence-corrected chi connectivity index (χ2v) is 10.4. The molecule has 1 unspecified atom stereocenters. The molecule has 0 bridgehead atoms. The highest BCUT2D eigenvalue weighted by atomic mass is 19.3. The maximum absolute atomic E-state index is 14.1. The number of likely N-dealkylation sites (N-methyl/N-ethyl adjacent to an activating group) is 1. The van der Waals surface area contributed by atoms with Crippen molar-refractivity contribution < 1.29 is 23.0 Å². The van der Waals surface area contributed by atoms with Crippen molar-refractivity contribution in [3.8, 4) is 5.82 Å². The lowest BCUT2D eigenvalue weighted by atomic mass is 9.85. The number of hydrogen-bond donors (Lipinski definition) is 2. The van der Waals surface area contributed by atoms with Gasteiger partial charge in [0.1, 0.15) is 18.3 Å². The molecular weight excluding hydrogens is 511 g/mol. The summed E-state index contributed by atoms with van der Waals surface area (Å²) in [6, 6.07) is 9.11. The van der Waals surface area contributed by atoms with Crippen molar-refractivity contribution in [3.63, 3.8) is 0 Å². The fourth-order valence-corrected chi connectivity index (χ4v) is 5.56. The Kier molecular flexibility index (Phi) is 8.83. The summed E-state index contributed by atoms with van der Waals surface area (Å²) in [5.41, 5.74) is 1.04. The summed E-state index contributed by atoms with van der Waals surface area (Å²) in [4.78, 5) is 17.7. The smallest absolute Gasteiger partial charge is 0.296 e. The summed E-state index contributed by atoms with van der Waals surface area (Å²) >= 11 is 0. The van der Waals surface area contributed by atoms with Crippen LogP contribution < -0.4 is 10.2 Å². The number of nitrogens with one attached hydrogen (secondary N) is 1. The summed E-state index contributed by atoms with van der Waals surface area (Å²) in [5, 5.41) is 13.0. The number of aliphatic hydroxyl groups is 1. The minimum absolute atomic E-state index is 0.317. The van der Waals surface area contributed by atoms with Crippen molar-refractivity contribution in [2.24, 2.45) is 5.92 Å². The third-order valence-electron chi connectivity index (χ3n) is 7.71. The largest absolute Gasteiger partial charge is 0.389 e. The van der Waals surface area contributed by atoms with Crippen LogP contribution in [-0.2, 0) is 4.74 Å². The molecule has 1 aliphatic carbocycles. The maximum Gasteiger partial charge on any atom is 0.296 e. The molecule has 3 aromatic rings. The number of fused-ring (bicyclic) bond motifs is 1. The molecule has 212 valence electrons. The number of halogens is 3. The lowest BCUT2D eigenvalue weighted by molar-refractivity contribution is 0.0692. The van der Waals surface area contributed by atoms with Crippen LogP contribution in [0.1, 0.15) is 37.9 Å². The number of aliphatic hydroxyl groups excluding tert-OH is 1. The van der Waals surface area contributed by atoms with Gasteiger partial charge in [-0.2, -0.15) is 9.97 Å². The number of ether oxygens (including phenoxy) is 1. The van der Waals surface area contributed by atoms with Crippen molar-refractivity contribution in [1.82, 2.24) is 24.4 Å². The molecule has 9 nitrogen and oxygen atoms in total. The lowest BCUT2D eigenvalue weighted by Gasteiger charge is -2.35. The number of hydrogen-bond acceptors (Lipinski definition) is 8. The lowest BCUT2D eigenvalue weighted by Crippen LogP contribution is -2.41. The van der Waals surface area contributed by atoms with Crippen LogP contribution in [0.2, 0.25) is 0 Å². The Labute approximate surface area is 226 Å². The summed E-state index contributed by atoms with van der Waals surface area (Å²) < 4.78 is 47.7. The quantitative estimate of drug-likeness (QED) is 0.396. The zero-order chi connectivity index (χ0) is 27.4. The Hall–Kier alpha value is -2.96. The molecule has 1 saturated carbocycles. The van der Waals surface area contributed by atoms with Gasteiger partial charge in [-0.3, -0.25) is 4.57 Å². The van der Waals surface area contributed by atoms with Gasteiger partial charge in [0.25, 0.3) is 6.43 Å². The van der Waals surface area contributed by atoms with Gasteiger partial charge in [-0.1, -0.05) is 12.1 Å². The van der Waals surface area contributed by atoms with E-state index in [1.807, 2.05) is 11.9 Å². The maximum atomic E-state index is 14.1. The molecule has 3 heterocycles. The molecular formula is C27H36F3N7O2. The van der Waals surface area contributed by atoms with Crippen LogP contribution in [-0.4, -0.2) is 94.8 Å². The number of anilines is 2. The Morgan fingerprint density at radius 3 is 2.51 bits per heavy atom. The van der Waals surface area contributed by atoms with E-state index in [0.29, 0.717) is 80.0 Å². The van der Waals surface area contributed by atoms with Crippen molar-refractivity contribution >= 4 is 22.8 Å². The molecule has 0 spiro atoms. The first-order valence-corrected chi connectivity index (χ1v) is 13.6. The topological polar surface area (TPSA) is 91.6 Å². The molecule has 5 rings (SSSR count). The summed E-state index contributed by atoms with van der Waals surface area (Å²) in [7, 11) is 1.93. The SMILES string of the molecule is CN(CC(O)CF)C1CCC(CNc2nc(N3CCOCC3)cc(-n3c(C(F)F)nc4ccccc43)n2)CC1. The molecule has 1 saturated heterocycles. The minimum Gasteiger partial charge on any atom is -0.389 e. The molecule has 39 heavy (non-hydrogen) atoms. The number of imidazole rings is 1. The predicted molar refractivity (Wildman–Crippen MR) is 143 cm³/mol. The molecule has 0 radical (unpaired) electrons. The first-order valence-electron chi connectivity index (χ1n) is 13.6. The molecule has 2 fully saturated rings. The van der Waals surface area contributed by atoms with Crippen LogP contribution in [0, 0.1) is 5.92 Å². The summed E-state index contributed by atoms with van der Waals surface area (Å²) in [6.45, 7) is 2.69. The minimum atomic E-state index is -2.77. The van der Waals surface area contributed by atoms with E-state index in [2.05, 4.69) is 20.2 Å². The number of benzene rings is 1. The number of nitrogens with zero attached hydrogens (tertiary/aromatic N) is 6. The molecule has 1 aliphatic heterocycles. The van der Waals surface area contributed by atoms with E-state index in [-0.39, 0.29) is 5.82 Å². The zero-order valence-corrected chi connectivity index (χ0v) is 22.1. The van der Waals surface area contributed by atoms with Crippen LogP contribution in [0.25, 0.3) is 16.9 Å². The molecule has 0 amide bonds. The number of morpholine rings is 1. The van der Waals surface area contributed by atoms with E-state index < -0.39 is 19.2 Å². The number of alkyl halides is 3. The average molecular weight is 548 g/mol. The van der Waals surface area contributed by atoms with Gasteiger partial charge in [0.15, 0.2) is 5.82 Å². The van der Waals surface area contributed by atoms with Gasteiger partial charge in [-0.15, -0.1) is 0 Å². The van der Waals surface area contributed by atoms with Crippen molar-refractivity contribution in [1.29, 1.82) is 0 Å². The second kappa shape index (κ2) is 12.5. The van der Waals surface area contributed by atoms with Gasteiger partial charge < -0.3 is 25.0 Å². The monoisotopic (exact) mass is 547 g/mol. The molecule has 2 N–H and O–H groups in total. The number of rotatable bonds is 10. The van der Waals surface area contributed by atoms with Crippen molar-refractivity contribution in [3.05, 3.63) is 36.2 Å². The third-order valence-corrected chi connectivity index (χ3v) is 7.71. The van der Waals surface area contributed by atoms with E-state index in [4.69, 9.17) is 9.72 Å². The third kappa shape index (κ3) is 6.44. The molecule has 2 aromatic heterocycles. The first-order chi connectivity index (χ1) is 18.9. The normalized spacial score (nSPS) is 21.2. The van der Waals surface area contributed by atoms with Gasteiger partial charge in [0.05, 0.1) is 30.4 Å². The Morgan fingerprint density at radius 1 is 1.08 bits per heavy atom. The van der Waals surface area contributed by atoms with Crippen LogP contribution in [0.3, 0.4) is 0 Å². The Bertz CT molecular complexity index is 1230. The molecule has 2 aliphatic rings. The van der Waals surface area contributed by atoms with E-state index in [0.717, 1.165) is 25.7 Å². The first kappa shape index (κ1) is 27.6. The average Bonchev–Trinajstić information content (AvgIpc) is 3.37. The molecule has 12 heteroatoms. The fraction of sp³-hybridized carbons (Fsp3) is 0.593. The van der Waals surface area contributed by atoms with Gasteiger partial charge >= 0.3 is 0 Å². The highest BCUT2D eigenvalue weighted by Gasteiger charge is 2.26. The number of para-hydroxylation sites is 2. The van der Waals surface area contributed by atoms with E-state index in [9.17, 15) is 18.3 Å². The highest BCUT2D eigenvalue weighted by Crippen LogP contribution is 2.30. The number of aromatic nitrogens is 4. The second-order valence-electron chi connectivity index (χ2n) is 10.4. The standard InChI is InChI=1S/C27H36F3N7O2/c1-35(17-20(38)15-28)19-8-6-18(7-9-19)16-31-27-33-23(36-10-12-39-13-11-36)14-24(34-27)37-22-5-3-2-4-21(22)32-26(37)25(29)30/h2-5,14,18-20,25,38H,6-13,15-17H2,1H3,(H,31,33,34). The van der Waals surface area contributed by atoms with Crippen molar-refractivity contribution in [2.45, 2.75) is 44.3 Å². The molecule has 1 aromatic carbocycles. The van der Waals surface area contributed by atoms with Crippen LogP contribution >= 0.6 is 0 Å². The summed E-state index contributed by atoms with van der Waals surface area (Å²) in [6.07, 6.45) is 0.158. The van der Waals surface area contributed by atoms with Crippen LogP contribution in [0.5, 0.6) is 0 Å². The fourth-order valence-electron chi connectivity index (χ4n) is 5.56. The zero-order valence-electron chi connectivity index (χ0n) is 22.1. The van der Waals surface area contributed by atoms with Gasteiger partial charge in [-0.25, -0.2) is 18.2 Å². The van der Waals surface area contributed by atoms with Crippen molar-refractivity contribution in [2.75, 3.05) is 63.3 Å². The van der Waals surface area contributed by atoms with Crippen LogP contribution in [0.4, 0.5) is 24.9 Å². The van der Waals surface area contributed by atoms with E-state index in [1.165, 1.54) is 4.57 Å². The Balaban J connectivity index is 1.36. The predicted octanol–water partition coefficient (Wildman–Crippen LogP) is 3.82. The molecule has 1 atom stereocenters.